The molecule has 1 aliphatic heterocycles. The lowest BCUT2D eigenvalue weighted by Gasteiger charge is -2.08. The molecule has 0 aliphatic carbocycles. The van der Waals surface area contributed by atoms with Crippen LogP contribution < -0.4 is 0 Å². The maximum Gasteiger partial charge on any atom is 0.0457 e. The van der Waals surface area contributed by atoms with Crippen molar-refractivity contribution in [3.63, 3.8) is 0 Å². The summed E-state index contributed by atoms with van der Waals surface area (Å²) in [4.78, 5) is 6.19. The van der Waals surface area contributed by atoms with E-state index >= 15 is 0 Å². The largest absolute Gasteiger partial charge is 0.289 e. The van der Waals surface area contributed by atoms with Crippen molar-refractivity contribution in [2.45, 2.75) is 48.0 Å². The molecular weight excluding hydrogens is 214 g/mol. The molecule has 0 radical (unpaired) electrons. The van der Waals surface area contributed by atoms with Crippen LogP contribution in [0.2, 0.25) is 0 Å². The van der Waals surface area contributed by atoms with Gasteiger partial charge in [-0.15, -0.1) is 11.3 Å². The van der Waals surface area contributed by atoms with E-state index in [1.807, 2.05) is 25.2 Å². The van der Waals surface area contributed by atoms with Crippen LogP contribution in [0, 0.1) is 5.92 Å². The first-order valence-electron chi connectivity index (χ1n) is 5.90. The number of hydrogen-bond donors (Lipinski definition) is 0. The van der Waals surface area contributed by atoms with E-state index < -0.39 is 0 Å². The maximum absolute atomic E-state index is 4.66. The standard InChI is InChI=1S/C11H15NS.C2H6.CH4/c1-8(2)11-9-5-7-13-10(9)4-3-6-12-11;1-2;/h5,7-8H,3-4,6H2,1-2H3;1-2H3;1H4. The second-order valence-electron chi connectivity index (χ2n) is 3.78. The Morgan fingerprint density at radius 2 is 2.00 bits per heavy atom. The Bertz CT molecular complexity index is 323. The maximum atomic E-state index is 4.66. The molecule has 2 heteroatoms. The molecule has 0 N–H and O–H groups in total. The van der Waals surface area contributed by atoms with Gasteiger partial charge < -0.3 is 0 Å². The monoisotopic (exact) mass is 239 g/mol. The molecule has 1 aromatic heterocycles. The summed E-state index contributed by atoms with van der Waals surface area (Å²) in [6, 6.07) is 2.23. The van der Waals surface area contributed by atoms with E-state index in [0.717, 1.165) is 6.54 Å². The summed E-state index contributed by atoms with van der Waals surface area (Å²) in [5.74, 6) is 0.562. The molecule has 1 nitrogen and oxygen atoms in total. The Balaban J connectivity index is 0.000000711. The first kappa shape index (κ1) is 15.4. The van der Waals surface area contributed by atoms with Gasteiger partial charge in [-0.05, 0) is 30.2 Å². The summed E-state index contributed by atoms with van der Waals surface area (Å²) in [7, 11) is 0. The fraction of sp³-hybridized carbons (Fsp3) is 0.643. The molecule has 0 aromatic carbocycles. The topological polar surface area (TPSA) is 12.4 Å². The Morgan fingerprint density at radius 3 is 2.62 bits per heavy atom. The van der Waals surface area contributed by atoms with Crippen molar-refractivity contribution in [1.29, 1.82) is 0 Å². The van der Waals surface area contributed by atoms with Crippen molar-refractivity contribution in [1.82, 2.24) is 0 Å². The minimum absolute atomic E-state index is 0. The minimum Gasteiger partial charge on any atom is -0.289 e. The summed E-state index contributed by atoms with van der Waals surface area (Å²) in [5, 5.41) is 2.19. The third kappa shape index (κ3) is 3.44. The van der Waals surface area contributed by atoms with Gasteiger partial charge in [-0.3, -0.25) is 4.99 Å². The van der Waals surface area contributed by atoms with Gasteiger partial charge in [-0.2, -0.15) is 0 Å². The molecule has 1 aliphatic rings. The van der Waals surface area contributed by atoms with E-state index in [-0.39, 0.29) is 7.43 Å². The first-order chi connectivity index (χ1) is 7.29. The smallest absolute Gasteiger partial charge is 0.0457 e. The number of aliphatic imine (C=N–C) groups is 1. The van der Waals surface area contributed by atoms with Crippen molar-refractivity contribution >= 4 is 17.0 Å². The highest BCUT2D eigenvalue weighted by Gasteiger charge is 2.15. The molecule has 0 saturated heterocycles. The Kier molecular flexibility index (Phi) is 7.31. The lowest BCUT2D eigenvalue weighted by atomic mass is 10.0. The predicted molar refractivity (Wildman–Crippen MR) is 77.0 cm³/mol. The number of aryl methyl sites for hydroxylation is 1. The predicted octanol–water partition coefficient (Wildman–Crippen LogP) is 4.80. The van der Waals surface area contributed by atoms with E-state index in [0.29, 0.717) is 5.92 Å². The van der Waals surface area contributed by atoms with Crippen LogP contribution in [0.15, 0.2) is 16.4 Å². The summed E-state index contributed by atoms with van der Waals surface area (Å²) < 4.78 is 0. The van der Waals surface area contributed by atoms with E-state index in [1.54, 1.807) is 0 Å². The average Bonchev–Trinajstić information content (AvgIpc) is 2.60. The minimum atomic E-state index is 0. The average molecular weight is 239 g/mol. The van der Waals surface area contributed by atoms with Crippen molar-refractivity contribution in [2.24, 2.45) is 10.9 Å². The summed E-state index contributed by atoms with van der Waals surface area (Å²) in [6.45, 7) is 9.46. The summed E-state index contributed by atoms with van der Waals surface area (Å²) in [5.41, 5.74) is 2.73. The number of rotatable bonds is 1. The van der Waals surface area contributed by atoms with Gasteiger partial charge in [0.25, 0.3) is 0 Å². The fourth-order valence-electron chi connectivity index (χ4n) is 1.78. The van der Waals surface area contributed by atoms with E-state index in [9.17, 15) is 0 Å². The van der Waals surface area contributed by atoms with Crippen LogP contribution in [0.5, 0.6) is 0 Å². The highest BCUT2D eigenvalue weighted by Crippen LogP contribution is 2.24. The van der Waals surface area contributed by atoms with Crippen LogP contribution in [-0.2, 0) is 6.42 Å². The second-order valence-corrected chi connectivity index (χ2v) is 4.78. The SMILES string of the molecule is C.CC.CC(C)C1=NCCCc2sccc21. The molecule has 0 spiro atoms. The second kappa shape index (κ2) is 7.61. The Morgan fingerprint density at radius 1 is 1.31 bits per heavy atom. The normalized spacial score (nSPS) is 13.9. The molecule has 0 fully saturated rings. The highest BCUT2D eigenvalue weighted by molar-refractivity contribution is 7.10. The molecule has 2 heterocycles. The van der Waals surface area contributed by atoms with Gasteiger partial charge in [-0.1, -0.05) is 35.1 Å². The molecule has 16 heavy (non-hydrogen) atoms. The third-order valence-electron chi connectivity index (χ3n) is 2.41. The van der Waals surface area contributed by atoms with E-state index in [1.165, 1.54) is 29.0 Å². The Labute approximate surface area is 105 Å². The van der Waals surface area contributed by atoms with Crippen molar-refractivity contribution in [3.05, 3.63) is 21.9 Å². The molecule has 0 bridgehead atoms. The number of hydrogen-bond acceptors (Lipinski definition) is 2. The zero-order valence-electron chi connectivity index (χ0n) is 10.2. The van der Waals surface area contributed by atoms with Crippen molar-refractivity contribution in [2.75, 3.05) is 6.54 Å². The summed E-state index contributed by atoms with van der Waals surface area (Å²) >= 11 is 1.88. The van der Waals surface area contributed by atoms with Crippen molar-refractivity contribution in [3.8, 4) is 0 Å². The van der Waals surface area contributed by atoms with Crippen LogP contribution in [0.1, 0.15) is 52.0 Å². The number of thiophene rings is 1. The summed E-state index contributed by atoms with van der Waals surface area (Å²) in [6.07, 6.45) is 2.43. The highest BCUT2D eigenvalue weighted by atomic mass is 32.1. The van der Waals surface area contributed by atoms with Gasteiger partial charge >= 0.3 is 0 Å². The number of nitrogens with zero attached hydrogens (tertiary/aromatic N) is 1. The fourth-order valence-corrected chi connectivity index (χ4v) is 2.71. The van der Waals surface area contributed by atoms with Gasteiger partial charge in [0.1, 0.15) is 0 Å². The zero-order valence-corrected chi connectivity index (χ0v) is 11.0. The quantitative estimate of drug-likeness (QED) is 0.667. The van der Waals surface area contributed by atoms with Gasteiger partial charge in [0.2, 0.25) is 0 Å². The molecule has 92 valence electrons. The van der Waals surface area contributed by atoms with Crippen LogP contribution in [0.4, 0.5) is 0 Å². The molecule has 2 rings (SSSR count). The molecular formula is C14H25NS. The molecule has 0 saturated carbocycles. The Hall–Kier alpha value is -0.630. The lowest BCUT2D eigenvalue weighted by Crippen LogP contribution is -2.09. The van der Waals surface area contributed by atoms with Crippen LogP contribution in [0.3, 0.4) is 0 Å². The van der Waals surface area contributed by atoms with Crippen LogP contribution in [-0.4, -0.2) is 12.3 Å². The molecule has 1 aromatic rings. The van der Waals surface area contributed by atoms with Crippen LogP contribution >= 0.6 is 11.3 Å². The molecule has 0 atom stereocenters. The van der Waals surface area contributed by atoms with E-state index in [4.69, 9.17) is 0 Å². The van der Waals surface area contributed by atoms with Crippen molar-refractivity contribution < 1.29 is 0 Å². The third-order valence-corrected chi connectivity index (χ3v) is 3.39. The number of fused-ring (bicyclic) bond motifs is 1. The first-order valence-corrected chi connectivity index (χ1v) is 6.78. The van der Waals surface area contributed by atoms with E-state index in [2.05, 4.69) is 30.3 Å². The van der Waals surface area contributed by atoms with Crippen LogP contribution in [0.25, 0.3) is 0 Å². The zero-order chi connectivity index (χ0) is 11.3. The van der Waals surface area contributed by atoms with Gasteiger partial charge in [0.05, 0.1) is 0 Å². The van der Waals surface area contributed by atoms with Gasteiger partial charge in [0, 0.05) is 22.7 Å². The molecule has 0 unspecified atom stereocenters. The van der Waals surface area contributed by atoms with Gasteiger partial charge in [-0.25, -0.2) is 0 Å². The lowest BCUT2D eigenvalue weighted by molar-refractivity contribution is 0.836. The molecule has 0 amide bonds. The van der Waals surface area contributed by atoms with Gasteiger partial charge in [0.15, 0.2) is 0 Å².